The van der Waals surface area contributed by atoms with Crippen molar-refractivity contribution in [2.45, 2.75) is 32.4 Å². The first-order valence-electron chi connectivity index (χ1n) is 8.93. The lowest BCUT2D eigenvalue weighted by Gasteiger charge is -2.38. The van der Waals surface area contributed by atoms with Crippen molar-refractivity contribution in [1.29, 1.82) is 0 Å². The van der Waals surface area contributed by atoms with E-state index >= 15 is 0 Å². The number of aliphatic carboxylic acids is 1. The Kier molecular flexibility index (Phi) is 5.59. The highest BCUT2D eigenvalue weighted by molar-refractivity contribution is 5.96. The number of amides is 2. The molecule has 0 aliphatic carbocycles. The predicted molar refractivity (Wildman–Crippen MR) is 97.0 cm³/mol. The number of furan rings is 1. The summed E-state index contributed by atoms with van der Waals surface area (Å²) in [5.41, 5.74) is 1.97. The van der Waals surface area contributed by atoms with Gasteiger partial charge in [0.2, 0.25) is 5.91 Å². The number of rotatable bonds is 6. The molecule has 1 aliphatic heterocycles. The van der Waals surface area contributed by atoms with Crippen molar-refractivity contribution in [3.63, 3.8) is 0 Å². The van der Waals surface area contributed by atoms with E-state index in [1.807, 2.05) is 31.2 Å². The molecule has 142 valence electrons. The molecule has 2 aromatic rings. The maximum Gasteiger partial charge on any atom is 0.323 e. The van der Waals surface area contributed by atoms with Crippen LogP contribution in [0.25, 0.3) is 0 Å². The van der Waals surface area contributed by atoms with Crippen molar-refractivity contribution in [3.05, 3.63) is 59.5 Å². The van der Waals surface area contributed by atoms with E-state index in [-0.39, 0.29) is 30.7 Å². The molecule has 1 N–H and O–H groups in total. The largest absolute Gasteiger partial charge is 0.480 e. The van der Waals surface area contributed by atoms with E-state index in [4.69, 9.17) is 9.52 Å². The van der Waals surface area contributed by atoms with Gasteiger partial charge in [-0.3, -0.25) is 14.4 Å². The fraction of sp³-hybridized carbons (Fsp3) is 0.350. The molecule has 7 nitrogen and oxygen atoms in total. The maximum atomic E-state index is 13.2. The summed E-state index contributed by atoms with van der Waals surface area (Å²) < 4.78 is 5.23. The Morgan fingerprint density at radius 2 is 1.93 bits per heavy atom. The van der Waals surface area contributed by atoms with Crippen LogP contribution in [0.1, 0.15) is 35.0 Å². The third-order valence-electron chi connectivity index (χ3n) is 4.66. The number of carbonyl (C=O) groups is 3. The number of carboxylic acid groups (broad SMARTS) is 1. The first-order chi connectivity index (χ1) is 13.0. The van der Waals surface area contributed by atoms with Crippen LogP contribution in [0.2, 0.25) is 0 Å². The summed E-state index contributed by atoms with van der Waals surface area (Å²) in [6, 6.07) is 10.1. The van der Waals surface area contributed by atoms with Crippen molar-refractivity contribution in [2.24, 2.45) is 0 Å². The fourth-order valence-corrected chi connectivity index (χ4v) is 3.41. The molecule has 0 saturated heterocycles. The van der Waals surface area contributed by atoms with Crippen LogP contribution in [0, 0.1) is 0 Å². The number of hydrogen-bond donors (Lipinski definition) is 1. The number of carbonyl (C=O) groups excluding carboxylic acids is 2. The van der Waals surface area contributed by atoms with Crippen molar-refractivity contribution in [1.82, 2.24) is 9.80 Å². The van der Waals surface area contributed by atoms with E-state index in [1.54, 1.807) is 12.1 Å². The second-order valence-electron chi connectivity index (χ2n) is 6.55. The maximum absolute atomic E-state index is 13.2. The highest BCUT2D eigenvalue weighted by atomic mass is 16.4. The Morgan fingerprint density at radius 1 is 1.19 bits per heavy atom. The third kappa shape index (κ3) is 4.02. The zero-order valence-electron chi connectivity index (χ0n) is 15.1. The van der Waals surface area contributed by atoms with Gasteiger partial charge in [-0.05, 0) is 29.7 Å². The summed E-state index contributed by atoms with van der Waals surface area (Å²) in [5.74, 6) is -1.64. The van der Waals surface area contributed by atoms with E-state index < -0.39 is 12.0 Å². The summed E-state index contributed by atoms with van der Waals surface area (Å²) in [4.78, 5) is 40.1. The molecule has 1 unspecified atom stereocenters. The van der Waals surface area contributed by atoms with E-state index in [0.717, 1.165) is 11.1 Å². The van der Waals surface area contributed by atoms with Crippen LogP contribution in [0.4, 0.5) is 0 Å². The van der Waals surface area contributed by atoms with Gasteiger partial charge in [0, 0.05) is 19.5 Å². The Morgan fingerprint density at radius 3 is 2.56 bits per heavy atom. The van der Waals surface area contributed by atoms with Gasteiger partial charge in [0.1, 0.15) is 12.6 Å². The molecule has 0 fully saturated rings. The number of fused-ring (bicyclic) bond motifs is 1. The lowest BCUT2D eigenvalue weighted by molar-refractivity contribution is -0.146. The molecule has 1 atom stereocenters. The molecule has 0 saturated carbocycles. The molecule has 3 rings (SSSR count). The average molecular weight is 370 g/mol. The molecular weight excluding hydrogens is 348 g/mol. The summed E-state index contributed by atoms with van der Waals surface area (Å²) in [5, 5.41) is 9.15. The quantitative estimate of drug-likeness (QED) is 0.841. The smallest absolute Gasteiger partial charge is 0.323 e. The van der Waals surface area contributed by atoms with Crippen molar-refractivity contribution >= 4 is 17.8 Å². The summed E-state index contributed by atoms with van der Waals surface area (Å²) in [6.45, 7) is 2.10. The van der Waals surface area contributed by atoms with Crippen LogP contribution in [0.15, 0.2) is 47.1 Å². The van der Waals surface area contributed by atoms with Crippen LogP contribution in [0.5, 0.6) is 0 Å². The van der Waals surface area contributed by atoms with Gasteiger partial charge in [0.25, 0.3) is 5.91 Å². The Bertz CT molecular complexity index is 831. The minimum absolute atomic E-state index is 0.160. The van der Waals surface area contributed by atoms with Crippen molar-refractivity contribution in [2.75, 3.05) is 13.1 Å². The van der Waals surface area contributed by atoms with Crippen molar-refractivity contribution < 1.29 is 23.9 Å². The molecule has 2 heterocycles. The lowest BCUT2D eigenvalue weighted by atomic mass is 9.92. The molecule has 0 radical (unpaired) electrons. The second kappa shape index (κ2) is 8.07. The first-order valence-corrected chi connectivity index (χ1v) is 8.93. The van der Waals surface area contributed by atoms with Gasteiger partial charge in [-0.1, -0.05) is 31.2 Å². The van der Waals surface area contributed by atoms with Gasteiger partial charge < -0.3 is 19.3 Å². The highest BCUT2D eigenvalue weighted by Gasteiger charge is 2.38. The highest BCUT2D eigenvalue weighted by Crippen LogP contribution is 2.26. The van der Waals surface area contributed by atoms with Crippen LogP contribution in [-0.4, -0.2) is 51.8 Å². The Labute approximate surface area is 157 Å². The topological polar surface area (TPSA) is 91.1 Å². The van der Waals surface area contributed by atoms with Gasteiger partial charge in [0.15, 0.2) is 5.76 Å². The Hall–Kier alpha value is -3.09. The van der Waals surface area contributed by atoms with Gasteiger partial charge in [0.05, 0.1) is 6.26 Å². The monoisotopic (exact) mass is 370 g/mol. The molecule has 7 heteroatoms. The zero-order chi connectivity index (χ0) is 19.4. The van der Waals surface area contributed by atoms with Crippen LogP contribution in [0.3, 0.4) is 0 Å². The molecule has 1 aromatic carbocycles. The summed E-state index contributed by atoms with van der Waals surface area (Å²) >= 11 is 0. The van der Waals surface area contributed by atoms with Gasteiger partial charge in [-0.15, -0.1) is 0 Å². The molecule has 1 aliphatic rings. The summed E-state index contributed by atoms with van der Waals surface area (Å²) in [6.07, 6.45) is 2.39. The molecule has 1 aromatic heterocycles. The van der Waals surface area contributed by atoms with E-state index in [0.29, 0.717) is 19.4 Å². The Balaban J connectivity index is 1.94. The molecule has 2 amide bonds. The SMILES string of the molecule is CCCN(CC(=O)O)C(=O)C1Cc2ccccc2CN1C(=O)c1ccco1. The van der Waals surface area contributed by atoms with E-state index in [1.165, 1.54) is 16.1 Å². The van der Waals surface area contributed by atoms with Gasteiger partial charge >= 0.3 is 5.97 Å². The number of hydrogen-bond acceptors (Lipinski definition) is 4. The van der Waals surface area contributed by atoms with E-state index in [2.05, 4.69) is 0 Å². The van der Waals surface area contributed by atoms with Gasteiger partial charge in [-0.2, -0.15) is 0 Å². The van der Waals surface area contributed by atoms with Crippen LogP contribution in [-0.2, 0) is 22.6 Å². The number of carboxylic acids is 1. The lowest BCUT2D eigenvalue weighted by Crippen LogP contribution is -2.54. The first kappa shape index (κ1) is 18.7. The third-order valence-corrected chi connectivity index (χ3v) is 4.66. The molecule has 0 bridgehead atoms. The van der Waals surface area contributed by atoms with Crippen LogP contribution >= 0.6 is 0 Å². The zero-order valence-corrected chi connectivity index (χ0v) is 15.1. The van der Waals surface area contributed by atoms with Crippen molar-refractivity contribution in [3.8, 4) is 0 Å². The predicted octanol–water partition coefficient (Wildman–Crippen LogP) is 2.17. The normalized spacial score (nSPS) is 15.9. The second-order valence-corrected chi connectivity index (χ2v) is 6.55. The van der Waals surface area contributed by atoms with Gasteiger partial charge in [-0.25, -0.2) is 0 Å². The minimum Gasteiger partial charge on any atom is -0.480 e. The molecular formula is C20H22N2O5. The van der Waals surface area contributed by atoms with E-state index in [9.17, 15) is 14.4 Å². The fourth-order valence-electron chi connectivity index (χ4n) is 3.41. The minimum atomic E-state index is -1.07. The molecule has 27 heavy (non-hydrogen) atoms. The average Bonchev–Trinajstić information content (AvgIpc) is 3.20. The molecule has 0 spiro atoms. The summed E-state index contributed by atoms with van der Waals surface area (Å²) in [7, 11) is 0. The van der Waals surface area contributed by atoms with Crippen LogP contribution < -0.4 is 0 Å². The number of nitrogens with zero attached hydrogens (tertiary/aromatic N) is 2. The number of benzene rings is 1. The standard InChI is InChI=1S/C20H22N2O5/c1-2-9-21(13-18(23)24)19(25)16-11-14-6-3-4-7-15(14)12-22(16)20(26)17-8-5-10-27-17/h3-8,10,16H,2,9,11-13H2,1H3,(H,23,24).